The van der Waals surface area contributed by atoms with E-state index in [4.69, 9.17) is 4.74 Å². The predicted molar refractivity (Wildman–Crippen MR) is 70.3 cm³/mol. The largest absolute Gasteiger partial charge is 0.449 e. The van der Waals surface area contributed by atoms with Gasteiger partial charge >= 0.3 is 6.09 Å². The van der Waals surface area contributed by atoms with Gasteiger partial charge in [-0.15, -0.1) is 0 Å². The molecule has 0 unspecified atom stereocenters. The summed E-state index contributed by atoms with van der Waals surface area (Å²) in [4.78, 5) is 24.5. The van der Waals surface area contributed by atoms with Gasteiger partial charge in [0.2, 0.25) is 6.08 Å². The predicted octanol–water partition coefficient (Wildman–Crippen LogP) is 2.65. The third-order valence-electron chi connectivity index (χ3n) is 2.73. The first-order valence-electron chi connectivity index (χ1n) is 6.65. The van der Waals surface area contributed by atoms with Gasteiger partial charge in [-0.3, -0.25) is 0 Å². The van der Waals surface area contributed by atoms with Crippen LogP contribution in [0.25, 0.3) is 0 Å². The number of nitrogens with zero attached hydrogens (tertiary/aromatic N) is 1. The number of hydrogen-bond donors (Lipinski definition) is 1. The lowest BCUT2D eigenvalue weighted by Crippen LogP contribution is -2.26. The molecule has 1 amide bonds. The summed E-state index contributed by atoms with van der Waals surface area (Å²) in [7, 11) is 0. The maximum atomic E-state index is 11.2. The highest BCUT2D eigenvalue weighted by atomic mass is 16.5. The number of isocyanates is 1. The van der Waals surface area contributed by atoms with Crippen molar-refractivity contribution in [2.24, 2.45) is 10.9 Å². The van der Waals surface area contributed by atoms with E-state index in [1.807, 2.05) is 0 Å². The summed E-state index contributed by atoms with van der Waals surface area (Å²) in [5.74, 6) is 0.411. The molecule has 0 aliphatic heterocycles. The first-order valence-corrected chi connectivity index (χ1v) is 6.65. The van der Waals surface area contributed by atoms with Crippen LogP contribution in [0.5, 0.6) is 0 Å². The minimum absolute atomic E-state index is 0.333. The number of ether oxygens (including phenoxy) is 1. The highest BCUT2D eigenvalue weighted by Gasteiger charge is 2.04. The van der Waals surface area contributed by atoms with Crippen LogP contribution in [0.4, 0.5) is 4.79 Å². The second-order valence-electron chi connectivity index (χ2n) is 4.43. The van der Waals surface area contributed by atoms with Gasteiger partial charge in [0.25, 0.3) is 0 Å². The van der Waals surface area contributed by atoms with Crippen LogP contribution in [-0.2, 0) is 9.53 Å². The molecule has 0 aromatic carbocycles. The Kier molecular flexibility index (Phi) is 11.2. The van der Waals surface area contributed by atoms with Crippen LogP contribution >= 0.6 is 0 Å². The third-order valence-corrected chi connectivity index (χ3v) is 2.73. The van der Waals surface area contributed by atoms with Crippen molar-refractivity contribution in [3.8, 4) is 0 Å². The number of carbonyl (C=O) groups excluding carboxylic acids is 2. The fourth-order valence-electron chi connectivity index (χ4n) is 1.29. The van der Waals surface area contributed by atoms with E-state index in [0.29, 0.717) is 25.6 Å². The van der Waals surface area contributed by atoms with Crippen LogP contribution in [0, 0.1) is 5.92 Å². The first-order chi connectivity index (χ1) is 8.70. The van der Waals surface area contributed by atoms with Gasteiger partial charge in [0.1, 0.15) is 0 Å². The molecule has 0 spiro atoms. The number of hydrogen-bond acceptors (Lipinski definition) is 4. The second-order valence-corrected chi connectivity index (χ2v) is 4.43. The number of amides is 1. The van der Waals surface area contributed by atoms with Crippen LogP contribution in [0.1, 0.15) is 46.0 Å². The average molecular weight is 256 g/mol. The molecule has 0 aliphatic rings. The minimum atomic E-state index is -0.333. The van der Waals surface area contributed by atoms with E-state index >= 15 is 0 Å². The highest BCUT2D eigenvalue weighted by molar-refractivity contribution is 5.66. The lowest BCUT2D eigenvalue weighted by Gasteiger charge is -2.10. The maximum Gasteiger partial charge on any atom is 0.407 e. The Bertz CT molecular complexity index is 263. The molecule has 104 valence electrons. The van der Waals surface area contributed by atoms with Crippen molar-refractivity contribution in [2.45, 2.75) is 46.0 Å². The number of carbonyl (C=O) groups is 1. The Morgan fingerprint density at radius 3 is 2.72 bits per heavy atom. The molecule has 1 atom stereocenters. The van der Waals surface area contributed by atoms with Crippen molar-refractivity contribution in [3.63, 3.8) is 0 Å². The summed E-state index contributed by atoms with van der Waals surface area (Å²) >= 11 is 0. The molecular weight excluding hydrogens is 232 g/mol. The Labute approximate surface area is 109 Å². The summed E-state index contributed by atoms with van der Waals surface area (Å²) in [6.45, 7) is 5.78. The van der Waals surface area contributed by atoms with Crippen LogP contribution < -0.4 is 5.32 Å². The Morgan fingerprint density at radius 2 is 2.06 bits per heavy atom. The number of alkyl carbamates (subject to hydrolysis) is 1. The van der Waals surface area contributed by atoms with Crippen molar-refractivity contribution >= 4 is 12.2 Å². The molecule has 0 bridgehead atoms. The lowest BCUT2D eigenvalue weighted by molar-refractivity contribution is 0.129. The molecule has 0 aromatic rings. The van der Waals surface area contributed by atoms with E-state index in [9.17, 15) is 9.59 Å². The summed E-state index contributed by atoms with van der Waals surface area (Å²) in [6.07, 6.45) is 6.03. The van der Waals surface area contributed by atoms with E-state index < -0.39 is 0 Å². The maximum absolute atomic E-state index is 11.2. The average Bonchev–Trinajstić information content (AvgIpc) is 2.39. The summed E-state index contributed by atoms with van der Waals surface area (Å²) in [5.41, 5.74) is 0. The number of unbranched alkanes of at least 4 members (excludes halogenated alkanes) is 3. The van der Waals surface area contributed by atoms with E-state index in [-0.39, 0.29) is 6.09 Å². The Hall–Kier alpha value is -1.35. The van der Waals surface area contributed by atoms with Gasteiger partial charge < -0.3 is 10.1 Å². The lowest BCUT2D eigenvalue weighted by atomic mass is 10.1. The van der Waals surface area contributed by atoms with Crippen LogP contribution in [-0.4, -0.2) is 31.9 Å². The fraction of sp³-hybridized carbons (Fsp3) is 0.846. The molecule has 0 aliphatic carbocycles. The number of nitrogens with one attached hydrogen (secondary N) is 1. The number of rotatable bonds is 10. The molecule has 0 fully saturated rings. The Morgan fingerprint density at radius 1 is 1.33 bits per heavy atom. The zero-order valence-electron chi connectivity index (χ0n) is 11.4. The van der Waals surface area contributed by atoms with E-state index in [1.165, 1.54) is 6.08 Å². The quantitative estimate of drug-likeness (QED) is 0.371. The molecule has 0 saturated carbocycles. The van der Waals surface area contributed by atoms with Crippen LogP contribution in [0.3, 0.4) is 0 Å². The van der Waals surface area contributed by atoms with Gasteiger partial charge in [0.15, 0.2) is 0 Å². The molecule has 0 rings (SSSR count). The van der Waals surface area contributed by atoms with Gasteiger partial charge in [-0.2, -0.15) is 0 Å². The molecule has 5 heteroatoms. The van der Waals surface area contributed by atoms with E-state index in [0.717, 1.165) is 32.1 Å². The van der Waals surface area contributed by atoms with Crippen molar-refractivity contribution in [1.82, 2.24) is 5.32 Å². The van der Waals surface area contributed by atoms with Gasteiger partial charge in [0, 0.05) is 6.54 Å². The zero-order chi connectivity index (χ0) is 13.6. The van der Waals surface area contributed by atoms with Crippen LogP contribution in [0.15, 0.2) is 4.99 Å². The summed E-state index contributed by atoms with van der Waals surface area (Å²) in [5, 5.41) is 2.72. The molecule has 1 N–H and O–H groups in total. The monoisotopic (exact) mass is 256 g/mol. The molecule has 0 heterocycles. The van der Waals surface area contributed by atoms with Crippen molar-refractivity contribution in [2.75, 3.05) is 19.7 Å². The number of aliphatic imine (C=N–C) groups is 1. The SMILES string of the molecule is CC[C@H](C)COC(=O)NCCCCCCN=C=O. The summed E-state index contributed by atoms with van der Waals surface area (Å²) < 4.78 is 5.05. The molecule has 0 saturated heterocycles. The Balaban J connectivity index is 3.27. The highest BCUT2D eigenvalue weighted by Crippen LogP contribution is 2.01. The van der Waals surface area contributed by atoms with Gasteiger partial charge in [-0.05, 0) is 18.8 Å². The van der Waals surface area contributed by atoms with Gasteiger partial charge in [-0.1, -0.05) is 33.1 Å². The molecule has 5 nitrogen and oxygen atoms in total. The molecule has 18 heavy (non-hydrogen) atoms. The van der Waals surface area contributed by atoms with E-state index in [1.54, 1.807) is 0 Å². The minimum Gasteiger partial charge on any atom is -0.449 e. The molecule has 0 aromatic heterocycles. The first kappa shape index (κ1) is 16.6. The van der Waals surface area contributed by atoms with Gasteiger partial charge in [0.05, 0.1) is 13.2 Å². The van der Waals surface area contributed by atoms with Crippen molar-refractivity contribution in [1.29, 1.82) is 0 Å². The van der Waals surface area contributed by atoms with Crippen molar-refractivity contribution in [3.05, 3.63) is 0 Å². The molecule has 0 radical (unpaired) electrons. The van der Waals surface area contributed by atoms with Crippen LogP contribution in [0.2, 0.25) is 0 Å². The standard InChI is InChI=1S/C13H24N2O3/c1-3-12(2)10-18-13(17)15-9-7-5-4-6-8-14-11-16/h12H,3-10H2,1-2H3,(H,15,17)/t12-/m0/s1. The van der Waals surface area contributed by atoms with Gasteiger partial charge in [-0.25, -0.2) is 14.6 Å². The second kappa shape index (κ2) is 12.1. The van der Waals surface area contributed by atoms with E-state index in [2.05, 4.69) is 24.2 Å². The molecular formula is C13H24N2O3. The summed E-state index contributed by atoms with van der Waals surface area (Å²) in [6, 6.07) is 0. The topological polar surface area (TPSA) is 67.8 Å². The third kappa shape index (κ3) is 11.1. The zero-order valence-corrected chi connectivity index (χ0v) is 11.4. The normalized spacial score (nSPS) is 11.4. The smallest absolute Gasteiger partial charge is 0.407 e. The fourth-order valence-corrected chi connectivity index (χ4v) is 1.29. The van der Waals surface area contributed by atoms with Crippen molar-refractivity contribution < 1.29 is 14.3 Å².